The van der Waals surface area contributed by atoms with Crippen LogP contribution in [0.4, 0.5) is 0 Å². The largest absolute Gasteiger partial charge is 0.496 e. The van der Waals surface area contributed by atoms with Crippen molar-refractivity contribution >= 4 is 0 Å². The van der Waals surface area contributed by atoms with Gasteiger partial charge in [0.25, 0.3) is 0 Å². The topological polar surface area (TPSA) is 65.7 Å². The summed E-state index contributed by atoms with van der Waals surface area (Å²) in [5.41, 5.74) is 3.74. The average molecular weight is 252 g/mol. The van der Waals surface area contributed by atoms with E-state index in [0.29, 0.717) is 0 Å². The molecule has 2 rings (SSSR count). The van der Waals surface area contributed by atoms with Crippen molar-refractivity contribution in [1.82, 2.24) is 5.43 Å². The van der Waals surface area contributed by atoms with Crippen molar-refractivity contribution in [3.63, 3.8) is 0 Å². The van der Waals surface area contributed by atoms with Crippen molar-refractivity contribution < 1.29 is 14.2 Å². The second-order valence-corrected chi connectivity index (χ2v) is 4.27. The van der Waals surface area contributed by atoms with Crippen LogP contribution in [0.5, 0.6) is 11.5 Å². The summed E-state index contributed by atoms with van der Waals surface area (Å²) in [5, 5.41) is 0. The summed E-state index contributed by atoms with van der Waals surface area (Å²) in [5.74, 6) is 7.21. The maximum atomic E-state index is 5.71. The van der Waals surface area contributed by atoms with Crippen LogP contribution in [0.15, 0.2) is 18.2 Å². The molecule has 5 heteroatoms. The van der Waals surface area contributed by atoms with Gasteiger partial charge in [-0.25, -0.2) is 0 Å². The zero-order valence-electron chi connectivity index (χ0n) is 10.8. The van der Waals surface area contributed by atoms with Gasteiger partial charge in [0.2, 0.25) is 0 Å². The quantitative estimate of drug-likeness (QED) is 0.612. The van der Waals surface area contributed by atoms with Gasteiger partial charge in [0.15, 0.2) is 0 Å². The fourth-order valence-corrected chi connectivity index (χ4v) is 2.43. The Kier molecular flexibility index (Phi) is 4.41. The van der Waals surface area contributed by atoms with Gasteiger partial charge in [0, 0.05) is 6.61 Å². The fourth-order valence-electron chi connectivity index (χ4n) is 2.43. The zero-order chi connectivity index (χ0) is 13.0. The molecule has 1 heterocycles. The number of benzene rings is 1. The molecule has 18 heavy (non-hydrogen) atoms. The fraction of sp³-hybridized carbons (Fsp3) is 0.538. The molecule has 0 radical (unpaired) electrons. The molecule has 5 nitrogen and oxygen atoms in total. The van der Waals surface area contributed by atoms with E-state index in [2.05, 4.69) is 5.43 Å². The van der Waals surface area contributed by atoms with Crippen LogP contribution in [0.3, 0.4) is 0 Å². The lowest BCUT2D eigenvalue weighted by Gasteiger charge is -2.25. The lowest BCUT2D eigenvalue weighted by atomic mass is 9.98. The summed E-state index contributed by atoms with van der Waals surface area (Å²) in [6.07, 6.45) is 2.09. The van der Waals surface area contributed by atoms with Crippen molar-refractivity contribution in [2.45, 2.75) is 25.0 Å². The number of methoxy groups -OCH3 is 2. The van der Waals surface area contributed by atoms with Crippen LogP contribution in [-0.4, -0.2) is 26.9 Å². The average Bonchev–Trinajstić information content (AvgIpc) is 2.93. The minimum absolute atomic E-state index is 0.0557. The van der Waals surface area contributed by atoms with Crippen LogP contribution in [0.1, 0.15) is 24.4 Å². The van der Waals surface area contributed by atoms with Gasteiger partial charge in [-0.2, -0.15) is 0 Å². The Morgan fingerprint density at radius 3 is 2.44 bits per heavy atom. The second-order valence-electron chi connectivity index (χ2n) is 4.27. The Morgan fingerprint density at radius 1 is 1.33 bits per heavy atom. The molecule has 3 N–H and O–H groups in total. The first-order valence-electron chi connectivity index (χ1n) is 6.10. The summed E-state index contributed by atoms with van der Waals surface area (Å²) >= 11 is 0. The minimum Gasteiger partial charge on any atom is -0.496 e. The van der Waals surface area contributed by atoms with Crippen LogP contribution < -0.4 is 20.7 Å². The van der Waals surface area contributed by atoms with E-state index >= 15 is 0 Å². The van der Waals surface area contributed by atoms with Crippen molar-refractivity contribution in [2.75, 3.05) is 20.8 Å². The van der Waals surface area contributed by atoms with E-state index in [1.165, 1.54) is 0 Å². The number of hydrazine groups is 1. The molecular formula is C13H20N2O3. The predicted octanol–water partition coefficient (Wildman–Crippen LogP) is 1.39. The highest BCUT2D eigenvalue weighted by molar-refractivity contribution is 5.47. The van der Waals surface area contributed by atoms with Gasteiger partial charge in [-0.05, 0) is 25.0 Å². The molecule has 100 valence electrons. The van der Waals surface area contributed by atoms with Gasteiger partial charge in [0.1, 0.15) is 11.5 Å². The molecule has 1 fully saturated rings. The van der Waals surface area contributed by atoms with E-state index in [9.17, 15) is 0 Å². The van der Waals surface area contributed by atoms with Gasteiger partial charge in [0.05, 0.1) is 31.9 Å². The van der Waals surface area contributed by atoms with E-state index in [0.717, 1.165) is 36.5 Å². The highest BCUT2D eigenvalue weighted by Gasteiger charge is 2.31. The molecule has 2 unspecified atom stereocenters. The van der Waals surface area contributed by atoms with Crippen LogP contribution in [0, 0.1) is 0 Å². The van der Waals surface area contributed by atoms with E-state index in [1.54, 1.807) is 14.2 Å². The third-order valence-corrected chi connectivity index (χ3v) is 3.29. The standard InChI is InChI=1S/C13H20N2O3/c1-16-9-5-3-6-10(17-2)12(9)13(15-14)11-7-4-8-18-11/h3,5-6,11,13,15H,4,7-8,14H2,1-2H3. The highest BCUT2D eigenvalue weighted by atomic mass is 16.5. The van der Waals surface area contributed by atoms with Gasteiger partial charge in [-0.15, -0.1) is 0 Å². The first kappa shape index (κ1) is 13.1. The van der Waals surface area contributed by atoms with Crippen molar-refractivity contribution in [2.24, 2.45) is 5.84 Å². The second kappa shape index (κ2) is 6.04. The van der Waals surface area contributed by atoms with E-state index in [1.807, 2.05) is 18.2 Å². The number of ether oxygens (including phenoxy) is 3. The Labute approximate surface area is 107 Å². The van der Waals surface area contributed by atoms with Crippen molar-refractivity contribution in [3.8, 4) is 11.5 Å². The number of nitrogens with one attached hydrogen (secondary N) is 1. The molecule has 1 aliphatic heterocycles. The van der Waals surface area contributed by atoms with Crippen LogP contribution >= 0.6 is 0 Å². The summed E-state index contributed by atoms with van der Waals surface area (Å²) in [6, 6.07) is 5.57. The van der Waals surface area contributed by atoms with Gasteiger partial charge in [-0.3, -0.25) is 11.3 Å². The molecular weight excluding hydrogens is 232 g/mol. The van der Waals surface area contributed by atoms with Crippen LogP contribution in [-0.2, 0) is 4.74 Å². The zero-order valence-corrected chi connectivity index (χ0v) is 10.8. The highest BCUT2D eigenvalue weighted by Crippen LogP contribution is 2.38. The SMILES string of the molecule is COc1cccc(OC)c1C(NN)C1CCCO1. The molecule has 2 atom stereocenters. The first-order chi connectivity index (χ1) is 8.81. The Balaban J connectivity index is 2.38. The summed E-state index contributed by atoms with van der Waals surface area (Å²) in [7, 11) is 3.28. The van der Waals surface area contributed by atoms with Crippen molar-refractivity contribution in [3.05, 3.63) is 23.8 Å². The van der Waals surface area contributed by atoms with Crippen molar-refractivity contribution in [1.29, 1.82) is 0 Å². The predicted molar refractivity (Wildman–Crippen MR) is 68.6 cm³/mol. The molecule has 0 amide bonds. The third-order valence-electron chi connectivity index (χ3n) is 3.29. The van der Waals surface area contributed by atoms with Gasteiger partial charge < -0.3 is 14.2 Å². The van der Waals surface area contributed by atoms with Gasteiger partial charge >= 0.3 is 0 Å². The lowest BCUT2D eigenvalue weighted by molar-refractivity contribution is 0.0766. The number of nitrogens with two attached hydrogens (primary N) is 1. The van der Waals surface area contributed by atoms with Crippen LogP contribution in [0.25, 0.3) is 0 Å². The number of hydrogen-bond donors (Lipinski definition) is 2. The Morgan fingerprint density at radius 2 is 2.00 bits per heavy atom. The Bertz CT molecular complexity index is 370. The third kappa shape index (κ3) is 2.43. The summed E-state index contributed by atoms with van der Waals surface area (Å²) in [6.45, 7) is 0.778. The Hall–Kier alpha value is -1.30. The van der Waals surface area contributed by atoms with Gasteiger partial charge in [-0.1, -0.05) is 6.07 Å². The number of hydrogen-bond acceptors (Lipinski definition) is 5. The minimum atomic E-state index is -0.126. The van der Waals surface area contributed by atoms with Crippen LogP contribution in [0.2, 0.25) is 0 Å². The van der Waals surface area contributed by atoms with E-state index in [4.69, 9.17) is 20.1 Å². The maximum Gasteiger partial charge on any atom is 0.127 e. The molecule has 0 saturated carbocycles. The van der Waals surface area contributed by atoms with E-state index < -0.39 is 0 Å². The van der Waals surface area contributed by atoms with E-state index in [-0.39, 0.29) is 12.1 Å². The molecule has 1 aromatic carbocycles. The smallest absolute Gasteiger partial charge is 0.127 e. The monoisotopic (exact) mass is 252 g/mol. The summed E-state index contributed by atoms with van der Waals surface area (Å²) in [4.78, 5) is 0. The maximum absolute atomic E-state index is 5.71. The molecule has 0 bridgehead atoms. The summed E-state index contributed by atoms with van der Waals surface area (Å²) < 4.78 is 16.5. The molecule has 0 spiro atoms. The lowest BCUT2D eigenvalue weighted by Crippen LogP contribution is -2.36. The molecule has 0 aliphatic carbocycles. The molecule has 1 aromatic rings. The number of rotatable bonds is 5. The normalized spacial score (nSPS) is 20.7. The first-order valence-corrected chi connectivity index (χ1v) is 6.10. The molecule has 1 aliphatic rings. The molecule has 0 aromatic heterocycles. The molecule has 1 saturated heterocycles.